The topological polar surface area (TPSA) is 71.3 Å². The van der Waals surface area contributed by atoms with Crippen LogP contribution in [0, 0.1) is 17.1 Å². The highest BCUT2D eigenvalue weighted by atomic mass is 35.5. The summed E-state index contributed by atoms with van der Waals surface area (Å²) in [4.78, 5) is 12.4. The number of amides is 1. The van der Waals surface area contributed by atoms with Crippen molar-refractivity contribution in [1.29, 1.82) is 5.26 Å². The first-order chi connectivity index (χ1) is 12.6. The normalized spacial score (nSPS) is 13.5. The molecule has 1 aliphatic rings. The van der Waals surface area contributed by atoms with Gasteiger partial charge in [0.25, 0.3) is 5.91 Å². The van der Waals surface area contributed by atoms with Crippen LogP contribution in [0.1, 0.15) is 12.0 Å². The van der Waals surface area contributed by atoms with Gasteiger partial charge in [-0.05, 0) is 30.3 Å². The van der Waals surface area contributed by atoms with E-state index >= 15 is 0 Å². The molecule has 0 saturated heterocycles. The van der Waals surface area contributed by atoms with Gasteiger partial charge in [-0.2, -0.15) is 5.26 Å². The van der Waals surface area contributed by atoms with E-state index in [0.717, 1.165) is 12.5 Å². The lowest BCUT2D eigenvalue weighted by atomic mass is 10.1. The first kappa shape index (κ1) is 17.8. The van der Waals surface area contributed by atoms with Gasteiger partial charge < -0.3 is 14.8 Å². The molecule has 0 aromatic heterocycles. The average Bonchev–Trinajstić information content (AvgIpc) is 2.88. The minimum atomic E-state index is -0.637. The van der Waals surface area contributed by atoms with Gasteiger partial charge in [0.15, 0.2) is 11.5 Å². The largest absolute Gasteiger partial charge is 0.490 e. The number of halogens is 2. The highest BCUT2D eigenvalue weighted by Crippen LogP contribution is 2.34. The van der Waals surface area contributed by atoms with Crippen LogP contribution in [0.4, 0.5) is 10.1 Å². The molecule has 0 aliphatic carbocycles. The van der Waals surface area contributed by atoms with Gasteiger partial charge in [-0.25, -0.2) is 4.39 Å². The van der Waals surface area contributed by atoms with E-state index in [4.69, 9.17) is 21.1 Å². The molecule has 0 unspecified atom stereocenters. The Morgan fingerprint density at radius 3 is 2.85 bits per heavy atom. The molecule has 0 atom stereocenters. The van der Waals surface area contributed by atoms with Crippen LogP contribution in [-0.4, -0.2) is 19.1 Å². The molecule has 0 bridgehead atoms. The summed E-state index contributed by atoms with van der Waals surface area (Å²) < 4.78 is 24.5. The maximum atomic E-state index is 13.2. The van der Waals surface area contributed by atoms with Crippen molar-refractivity contribution in [2.75, 3.05) is 18.5 Å². The molecule has 0 spiro atoms. The number of rotatable bonds is 3. The van der Waals surface area contributed by atoms with Crippen molar-refractivity contribution in [3.05, 3.63) is 58.4 Å². The Balaban J connectivity index is 1.87. The summed E-state index contributed by atoms with van der Waals surface area (Å²) in [5.41, 5.74) is 0.717. The predicted molar refractivity (Wildman–Crippen MR) is 95.7 cm³/mol. The number of hydrogen-bond acceptors (Lipinski definition) is 4. The third-order valence-corrected chi connectivity index (χ3v) is 3.93. The number of carbonyl (C=O) groups excluding carboxylic acids is 1. The molecular weight excluding hydrogens is 359 g/mol. The van der Waals surface area contributed by atoms with Crippen molar-refractivity contribution < 1.29 is 18.7 Å². The number of benzene rings is 2. The summed E-state index contributed by atoms with van der Waals surface area (Å²) in [6.45, 7) is 1.02. The molecule has 2 aromatic rings. The van der Waals surface area contributed by atoms with Gasteiger partial charge >= 0.3 is 0 Å². The van der Waals surface area contributed by atoms with E-state index in [1.54, 1.807) is 18.2 Å². The lowest BCUT2D eigenvalue weighted by Crippen LogP contribution is -2.13. The third kappa shape index (κ3) is 3.95. The van der Waals surface area contributed by atoms with Crippen molar-refractivity contribution in [3.63, 3.8) is 0 Å². The van der Waals surface area contributed by atoms with Gasteiger partial charge in [-0.1, -0.05) is 23.7 Å². The highest BCUT2D eigenvalue weighted by Gasteiger charge is 2.16. The van der Waals surface area contributed by atoms with Crippen LogP contribution < -0.4 is 14.8 Å². The number of hydrogen-bond donors (Lipinski definition) is 1. The predicted octanol–water partition coefficient (Wildman–Crippen LogP) is 4.19. The molecule has 5 nitrogen and oxygen atoms in total. The fourth-order valence-corrected chi connectivity index (χ4v) is 2.59. The van der Waals surface area contributed by atoms with Crippen LogP contribution in [0.2, 0.25) is 5.02 Å². The Morgan fingerprint density at radius 1 is 1.27 bits per heavy atom. The molecule has 1 heterocycles. The monoisotopic (exact) mass is 372 g/mol. The SMILES string of the molecule is N#C/C(=C\c1cccc2c1OCCCO2)C(=O)Nc1ccc(F)c(Cl)c1. The van der Waals surface area contributed by atoms with Crippen LogP contribution in [0.3, 0.4) is 0 Å². The quantitative estimate of drug-likeness (QED) is 0.648. The Kier molecular flexibility index (Phi) is 5.40. The molecule has 0 fully saturated rings. The zero-order valence-electron chi connectivity index (χ0n) is 13.6. The molecule has 1 aliphatic heterocycles. The molecule has 1 amide bonds. The number of carbonyl (C=O) groups is 1. The summed E-state index contributed by atoms with van der Waals surface area (Å²) in [5, 5.41) is 11.8. The van der Waals surface area contributed by atoms with Crippen molar-refractivity contribution in [2.45, 2.75) is 6.42 Å². The van der Waals surface area contributed by atoms with Crippen LogP contribution >= 0.6 is 11.6 Å². The number of nitriles is 1. The van der Waals surface area contributed by atoms with Crippen LogP contribution in [0.15, 0.2) is 42.0 Å². The molecular formula is C19H14ClFN2O3. The first-order valence-electron chi connectivity index (χ1n) is 7.85. The van der Waals surface area contributed by atoms with Crippen LogP contribution in [0.5, 0.6) is 11.5 Å². The van der Waals surface area contributed by atoms with Crippen molar-refractivity contribution in [1.82, 2.24) is 0 Å². The van der Waals surface area contributed by atoms with E-state index in [0.29, 0.717) is 30.3 Å². The minimum absolute atomic E-state index is 0.121. The molecule has 3 rings (SSSR count). The molecule has 1 N–H and O–H groups in total. The minimum Gasteiger partial charge on any atom is -0.490 e. The van der Waals surface area contributed by atoms with Gasteiger partial charge in [0.2, 0.25) is 0 Å². The second kappa shape index (κ2) is 7.89. The Morgan fingerprint density at radius 2 is 2.08 bits per heavy atom. The molecule has 0 radical (unpaired) electrons. The Labute approximate surface area is 154 Å². The molecule has 0 saturated carbocycles. The standard InChI is InChI=1S/C19H14ClFN2O3/c20-15-10-14(5-6-16(15)21)23-19(24)13(11-22)9-12-3-1-4-17-18(12)26-8-2-7-25-17/h1,3-6,9-10H,2,7-8H2,(H,23,24)/b13-9+. The Bertz CT molecular complexity index is 921. The summed E-state index contributed by atoms with van der Waals surface area (Å²) in [6, 6.07) is 10.9. The zero-order chi connectivity index (χ0) is 18.5. The van der Waals surface area contributed by atoms with Crippen molar-refractivity contribution >= 4 is 29.3 Å². The van der Waals surface area contributed by atoms with E-state index in [1.165, 1.54) is 18.2 Å². The number of fused-ring (bicyclic) bond motifs is 1. The number of nitrogens with one attached hydrogen (secondary N) is 1. The first-order valence-corrected chi connectivity index (χ1v) is 8.23. The molecule has 7 heteroatoms. The number of nitrogens with zero attached hydrogens (tertiary/aromatic N) is 1. The molecule has 26 heavy (non-hydrogen) atoms. The lowest BCUT2D eigenvalue weighted by Gasteiger charge is -2.10. The maximum absolute atomic E-state index is 13.2. The molecule has 132 valence electrons. The third-order valence-electron chi connectivity index (χ3n) is 3.64. The number of para-hydroxylation sites is 1. The summed E-state index contributed by atoms with van der Waals surface area (Å²) in [5.74, 6) is -0.165. The van der Waals surface area contributed by atoms with E-state index < -0.39 is 11.7 Å². The van der Waals surface area contributed by atoms with Crippen molar-refractivity contribution in [2.24, 2.45) is 0 Å². The fraction of sp³-hybridized carbons (Fsp3) is 0.158. The van der Waals surface area contributed by atoms with Crippen molar-refractivity contribution in [3.8, 4) is 17.6 Å². The summed E-state index contributed by atoms with van der Waals surface area (Å²) in [7, 11) is 0. The van der Waals surface area contributed by atoms with E-state index in [1.807, 2.05) is 6.07 Å². The summed E-state index contributed by atoms with van der Waals surface area (Å²) >= 11 is 5.70. The van der Waals surface area contributed by atoms with E-state index in [9.17, 15) is 14.4 Å². The van der Waals surface area contributed by atoms with Gasteiger partial charge in [0.05, 0.1) is 18.2 Å². The smallest absolute Gasteiger partial charge is 0.266 e. The fourth-order valence-electron chi connectivity index (χ4n) is 2.41. The second-order valence-electron chi connectivity index (χ2n) is 5.48. The maximum Gasteiger partial charge on any atom is 0.266 e. The van der Waals surface area contributed by atoms with Crippen LogP contribution in [0.25, 0.3) is 6.08 Å². The average molecular weight is 373 g/mol. The van der Waals surface area contributed by atoms with E-state index in [-0.39, 0.29) is 16.3 Å². The van der Waals surface area contributed by atoms with Gasteiger partial charge in [-0.15, -0.1) is 0 Å². The highest BCUT2D eigenvalue weighted by molar-refractivity contribution is 6.31. The van der Waals surface area contributed by atoms with Gasteiger partial charge in [-0.3, -0.25) is 4.79 Å². The van der Waals surface area contributed by atoms with Gasteiger partial charge in [0, 0.05) is 17.7 Å². The number of anilines is 1. The number of ether oxygens (including phenoxy) is 2. The summed E-state index contributed by atoms with van der Waals surface area (Å²) in [6.07, 6.45) is 2.17. The lowest BCUT2D eigenvalue weighted by molar-refractivity contribution is -0.112. The van der Waals surface area contributed by atoms with Crippen LogP contribution in [-0.2, 0) is 4.79 Å². The zero-order valence-corrected chi connectivity index (χ0v) is 14.3. The molecule has 2 aromatic carbocycles. The second-order valence-corrected chi connectivity index (χ2v) is 5.89. The van der Waals surface area contributed by atoms with Gasteiger partial charge in [0.1, 0.15) is 17.5 Å². The van der Waals surface area contributed by atoms with E-state index in [2.05, 4.69) is 5.32 Å². The Hall–Kier alpha value is -3.04.